The number of aliphatic hydroxyl groups excluding tert-OH is 1. The minimum Gasteiger partial charge on any atom is -0.502 e. The van der Waals surface area contributed by atoms with Crippen LogP contribution >= 0.6 is 0 Å². The Labute approximate surface area is 84.9 Å². The number of carboxylic acids is 1. The van der Waals surface area contributed by atoms with E-state index in [9.17, 15) is 9.59 Å². The molecule has 1 aromatic rings. The first-order valence-electron chi connectivity index (χ1n) is 4.04. The molecule has 0 aliphatic rings. The van der Waals surface area contributed by atoms with Crippen molar-refractivity contribution in [3.05, 3.63) is 29.2 Å². The van der Waals surface area contributed by atoms with Gasteiger partial charge in [0.15, 0.2) is 11.7 Å². The third kappa shape index (κ3) is 2.43. The smallest absolute Gasteiger partial charge is 0.371 e. The predicted molar refractivity (Wildman–Crippen MR) is 48.7 cm³/mol. The van der Waals surface area contributed by atoms with Gasteiger partial charge in [-0.1, -0.05) is 0 Å². The Morgan fingerprint density at radius 1 is 1.33 bits per heavy atom. The van der Waals surface area contributed by atoms with Crippen molar-refractivity contribution in [2.75, 3.05) is 0 Å². The Morgan fingerprint density at radius 3 is 2.33 bits per heavy atom. The lowest BCUT2D eigenvalue weighted by atomic mass is 10.2. The van der Waals surface area contributed by atoms with E-state index in [4.69, 9.17) is 14.6 Å². The number of nitrogens with zero attached hydrogens (tertiary/aromatic N) is 1. The van der Waals surface area contributed by atoms with Crippen LogP contribution in [0.15, 0.2) is 16.3 Å². The molecular weight excluding hydrogens is 202 g/mol. The van der Waals surface area contributed by atoms with E-state index in [1.54, 1.807) is 13.8 Å². The topological polar surface area (TPSA) is 101 Å². The molecule has 80 valence electrons. The Bertz CT molecular complexity index is 443. The van der Waals surface area contributed by atoms with Crippen molar-refractivity contribution in [2.24, 2.45) is 0 Å². The summed E-state index contributed by atoms with van der Waals surface area (Å²) in [7, 11) is 0. The van der Waals surface area contributed by atoms with E-state index in [1.165, 1.54) is 0 Å². The molecule has 15 heavy (non-hydrogen) atoms. The second-order valence-corrected chi connectivity index (χ2v) is 2.85. The zero-order valence-corrected chi connectivity index (χ0v) is 8.14. The molecule has 0 atom stereocenters. The third-order valence-corrected chi connectivity index (χ3v) is 1.61. The highest BCUT2D eigenvalue weighted by molar-refractivity contribution is 6.06. The van der Waals surface area contributed by atoms with E-state index in [0.717, 1.165) is 0 Å². The van der Waals surface area contributed by atoms with Gasteiger partial charge >= 0.3 is 5.97 Å². The zero-order valence-electron chi connectivity index (χ0n) is 8.14. The SMILES string of the molecule is Cc1nc(C)c(C(=O)/C=C(\O)C(=O)O)o1. The number of hydrogen-bond donors (Lipinski definition) is 2. The van der Waals surface area contributed by atoms with Gasteiger partial charge in [-0.05, 0) is 6.92 Å². The lowest BCUT2D eigenvalue weighted by molar-refractivity contribution is -0.135. The molecule has 0 amide bonds. The molecule has 0 spiro atoms. The third-order valence-electron chi connectivity index (χ3n) is 1.61. The van der Waals surface area contributed by atoms with Crippen molar-refractivity contribution >= 4 is 11.8 Å². The molecule has 0 aliphatic heterocycles. The number of aryl methyl sites for hydroxylation is 2. The van der Waals surface area contributed by atoms with Crippen molar-refractivity contribution in [3.63, 3.8) is 0 Å². The van der Waals surface area contributed by atoms with Crippen molar-refractivity contribution in [2.45, 2.75) is 13.8 Å². The van der Waals surface area contributed by atoms with E-state index in [2.05, 4.69) is 4.98 Å². The van der Waals surface area contributed by atoms with Gasteiger partial charge in [-0.2, -0.15) is 0 Å². The van der Waals surface area contributed by atoms with Gasteiger partial charge in [-0.25, -0.2) is 9.78 Å². The average Bonchev–Trinajstić information content (AvgIpc) is 2.44. The molecule has 0 fully saturated rings. The van der Waals surface area contributed by atoms with Crippen molar-refractivity contribution < 1.29 is 24.2 Å². The zero-order chi connectivity index (χ0) is 11.6. The van der Waals surface area contributed by atoms with Crippen LogP contribution in [0.5, 0.6) is 0 Å². The summed E-state index contributed by atoms with van der Waals surface area (Å²) < 4.78 is 4.95. The summed E-state index contributed by atoms with van der Waals surface area (Å²) in [5, 5.41) is 17.2. The summed E-state index contributed by atoms with van der Waals surface area (Å²) in [6.45, 7) is 3.11. The van der Waals surface area contributed by atoms with E-state index in [-0.39, 0.29) is 5.76 Å². The number of carbonyl (C=O) groups is 2. The van der Waals surface area contributed by atoms with Crippen molar-refractivity contribution in [1.82, 2.24) is 4.98 Å². The van der Waals surface area contributed by atoms with Crippen molar-refractivity contribution in [1.29, 1.82) is 0 Å². The summed E-state index contributed by atoms with van der Waals surface area (Å²) in [4.78, 5) is 25.4. The Balaban J connectivity index is 3.01. The van der Waals surface area contributed by atoms with Gasteiger partial charge in [0.1, 0.15) is 0 Å². The molecule has 2 N–H and O–H groups in total. The Hall–Kier alpha value is -2.11. The molecule has 0 aliphatic carbocycles. The monoisotopic (exact) mass is 211 g/mol. The molecule has 6 nitrogen and oxygen atoms in total. The standard InChI is InChI=1S/C9H9NO5/c1-4-8(15-5(2)10-4)6(11)3-7(12)9(13)14/h3,12H,1-2H3,(H,13,14)/b7-3-. The number of aromatic nitrogens is 1. The van der Waals surface area contributed by atoms with Gasteiger partial charge in [-0.15, -0.1) is 0 Å². The van der Waals surface area contributed by atoms with Crippen LogP contribution in [0.2, 0.25) is 0 Å². The molecule has 0 radical (unpaired) electrons. The van der Waals surface area contributed by atoms with Gasteiger partial charge in [0, 0.05) is 13.0 Å². The predicted octanol–water partition coefficient (Wildman–Crippen LogP) is 1.00. The maximum Gasteiger partial charge on any atom is 0.371 e. The van der Waals surface area contributed by atoms with Gasteiger partial charge in [-0.3, -0.25) is 4.79 Å². The molecule has 1 heterocycles. The van der Waals surface area contributed by atoms with E-state index in [0.29, 0.717) is 17.7 Å². The molecule has 0 bridgehead atoms. The number of allylic oxidation sites excluding steroid dienone is 1. The second-order valence-electron chi connectivity index (χ2n) is 2.85. The summed E-state index contributed by atoms with van der Waals surface area (Å²) in [6.07, 6.45) is 0.579. The fourth-order valence-corrected chi connectivity index (χ4v) is 1.01. The molecule has 1 aromatic heterocycles. The Morgan fingerprint density at radius 2 is 1.93 bits per heavy atom. The first kappa shape index (κ1) is 11.0. The molecule has 0 saturated carbocycles. The number of hydrogen-bond acceptors (Lipinski definition) is 5. The molecule has 1 rings (SSSR count). The van der Waals surface area contributed by atoms with E-state index >= 15 is 0 Å². The minimum absolute atomic E-state index is 0.0692. The highest BCUT2D eigenvalue weighted by Gasteiger charge is 2.16. The normalized spacial score (nSPS) is 11.5. The maximum absolute atomic E-state index is 11.4. The molecule has 0 unspecified atom stereocenters. The van der Waals surface area contributed by atoms with E-state index in [1.807, 2.05) is 0 Å². The van der Waals surface area contributed by atoms with Gasteiger partial charge in [0.05, 0.1) is 5.69 Å². The van der Waals surface area contributed by atoms with Crippen LogP contribution in [0.4, 0.5) is 0 Å². The minimum atomic E-state index is -1.57. The van der Waals surface area contributed by atoms with Crippen LogP contribution < -0.4 is 0 Å². The summed E-state index contributed by atoms with van der Waals surface area (Å²) in [5.41, 5.74) is 0.354. The number of rotatable bonds is 3. The highest BCUT2D eigenvalue weighted by Crippen LogP contribution is 2.11. The van der Waals surface area contributed by atoms with E-state index < -0.39 is 17.5 Å². The number of carbonyl (C=O) groups excluding carboxylic acids is 1. The van der Waals surface area contributed by atoms with Gasteiger partial charge < -0.3 is 14.6 Å². The fraction of sp³-hybridized carbons (Fsp3) is 0.222. The largest absolute Gasteiger partial charge is 0.502 e. The number of ketones is 1. The van der Waals surface area contributed by atoms with Crippen LogP contribution in [-0.2, 0) is 4.79 Å². The maximum atomic E-state index is 11.4. The lowest BCUT2D eigenvalue weighted by Crippen LogP contribution is -2.04. The number of aliphatic hydroxyl groups is 1. The number of aliphatic carboxylic acids is 1. The Kier molecular flexibility index (Phi) is 2.89. The number of carboxylic acid groups (broad SMARTS) is 1. The molecule has 6 heteroatoms. The van der Waals surface area contributed by atoms with Crippen molar-refractivity contribution in [3.8, 4) is 0 Å². The lowest BCUT2D eigenvalue weighted by Gasteiger charge is -1.92. The number of oxazole rings is 1. The van der Waals surface area contributed by atoms with Gasteiger partial charge in [0.2, 0.25) is 11.5 Å². The van der Waals surface area contributed by atoms with Crippen LogP contribution in [0.1, 0.15) is 22.1 Å². The van der Waals surface area contributed by atoms with Crippen LogP contribution in [0, 0.1) is 13.8 Å². The first-order valence-corrected chi connectivity index (χ1v) is 4.04. The molecular formula is C9H9NO5. The highest BCUT2D eigenvalue weighted by atomic mass is 16.4. The van der Waals surface area contributed by atoms with Crippen LogP contribution in [0.3, 0.4) is 0 Å². The van der Waals surface area contributed by atoms with Gasteiger partial charge in [0.25, 0.3) is 0 Å². The summed E-state index contributed by atoms with van der Waals surface area (Å²) in [5.74, 6) is -3.10. The van der Waals surface area contributed by atoms with Crippen LogP contribution in [-0.4, -0.2) is 26.9 Å². The summed E-state index contributed by atoms with van der Waals surface area (Å²) in [6, 6.07) is 0. The quantitative estimate of drug-likeness (QED) is 0.439. The second kappa shape index (κ2) is 3.95. The fourth-order valence-electron chi connectivity index (χ4n) is 1.01. The molecule has 0 aromatic carbocycles. The summed E-state index contributed by atoms with van der Waals surface area (Å²) >= 11 is 0. The van der Waals surface area contributed by atoms with Crippen LogP contribution in [0.25, 0.3) is 0 Å². The first-order chi connectivity index (χ1) is 6.91. The average molecular weight is 211 g/mol. The molecule has 0 saturated heterocycles.